The molecular weight excluding hydrogens is 304 g/mol. The zero-order valence-electron chi connectivity index (χ0n) is 11.7. The third-order valence-electron chi connectivity index (χ3n) is 3.70. The Hall–Kier alpha value is -0.580. The van der Waals surface area contributed by atoms with Crippen molar-refractivity contribution in [1.29, 1.82) is 0 Å². The number of benzene rings is 1. The topological polar surface area (TPSA) is 38.5 Å². The lowest BCUT2D eigenvalue weighted by molar-refractivity contribution is 0.0576. The van der Waals surface area contributed by atoms with Gasteiger partial charge in [0, 0.05) is 36.4 Å². The average molecular weight is 327 g/mol. The van der Waals surface area contributed by atoms with E-state index in [0.29, 0.717) is 5.92 Å². The summed E-state index contributed by atoms with van der Waals surface area (Å²) in [4.78, 5) is 2.30. The molecule has 2 rings (SSSR count). The van der Waals surface area contributed by atoms with Crippen LogP contribution < -0.4 is 10.6 Å². The summed E-state index contributed by atoms with van der Waals surface area (Å²) in [5.41, 5.74) is 8.30. The maximum Gasteiger partial charge on any atom is 0.0511 e. The first kappa shape index (κ1) is 14.8. The molecule has 4 heteroatoms. The highest BCUT2D eigenvalue weighted by Crippen LogP contribution is 2.28. The summed E-state index contributed by atoms with van der Waals surface area (Å²) in [6.07, 6.45) is 2.45. The number of nitrogens with zero attached hydrogens (tertiary/aromatic N) is 1. The Balaban J connectivity index is 2.02. The highest BCUT2D eigenvalue weighted by atomic mass is 79.9. The highest BCUT2D eigenvalue weighted by molar-refractivity contribution is 9.10. The van der Waals surface area contributed by atoms with E-state index in [1.165, 1.54) is 18.5 Å². The summed E-state index contributed by atoms with van der Waals surface area (Å²) in [5, 5.41) is 0. The van der Waals surface area contributed by atoms with E-state index in [-0.39, 0.29) is 6.04 Å². The Morgan fingerprint density at radius 2 is 2.32 bits per heavy atom. The fourth-order valence-electron chi connectivity index (χ4n) is 2.57. The number of hydrogen-bond acceptors (Lipinski definition) is 3. The first-order valence-electron chi connectivity index (χ1n) is 6.92. The molecule has 1 saturated heterocycles. The van der Waals surface area contributed by atoms with Gasteiger partial charge >= 0.3 is 0 Å². The molecule has 0 amide bonds. The highest BCUT2D eigenvalue weighted by Gasteiger charge is 2.16. The molecule has 106 valence electrons. The van der Waals surface area contributed by atoms with E-state index in [4.69, 9.17) is 10.5 Å². The Bertz CT molecular complexity index is 417. The third-order valence-corrected chi connectivity index (χ3v) is 4.39. The Morgan fingerprint density at radius 1 is 1.53 bits per heavy atom. The standard InChI is InChI=1S/C15H23BrN2O/c1-11(17)14-6-5-13(8-15(14)16)18(2)9-12-4-3-7-19-10-12/h5-6,8,11-12H,3-4,7,9-10,17H2,1-2H3/t11-,12?/m1/s1. The fourth-order valence-corrected chi connectivity index (χ4v) is 3.29. The summed E-state index contributed by atoms with van der Waals surface area (Å²) < 4.78 is 6.63. The smallest absolute Gasteiger partial charge is 0.0511 e. The van der Waals surface area contributed by atoms with Crippen molar-refractivity contribution in [3.63, 3.8) is 0 Å². The average Bonchev–Trinajstić information content (AvgIpc) is 2.39. The first-order valence-corrected chi connectivity index (χ1v) is 7.71. The van der Waals surface area contributed by atoms with Gasteiger partial charge in [0.2, 0.25) is 0 Å². The van der Waals surface area contributed by atoms with Gasteiger partial charge in [-0.15, -0.1) is 0 Å². The van der Waals surface area contributed by atoms with Gasteiger partial charge in [0.15, 0.2) is 0 Å². The van der Waals surface area contributed by atoms with Crippen molar-refractivity contribution in [2.45, 2.75) is 25.8 Å². The van der Waals surface area contributed by atoms with E-state index in [1.807, 2.05) is 6.92 Å². The molecule has 2 N–H and O–H groups in total. The van der Waals surface area contributed by atoms with Gasteiger partial charge in [-0.2, -0.15) is 0 Å². The van der Waals surface area contributed by atoms with Crippen LogP contribution in [0.3, 0.4) is 0 Å². The minimum Gasteiger partial charge on any atom is -0.381 e. The monoisotopic (exact) mass is 326 g/mol. The zero-order valence-corrected chi connectivity index (χ0v) is 13.3. The van der Waals surface area contributed by atoms with Crippen LogP contribution in [-0.2, 0) is 4.74 Å². The van der Waals surface area contributed by atoms with E-state index in [9.17, 15) is 0 Å². The van der Waals surface area contributed by atoms with Gasteiger partial charge in [0.05, 0.1) is 6.61 Å². The lowest BCUT2D eigenvalue weighted by Crippen LogP contribution is -2.30. The number of halogens is 1. The first-order chi connectivity index (χ1) is 9.08. The van der Waals surface area contributed by atoms with Crippen LogP contribution in [0.4, 0.5) is 5.69 Å². The van der Waals surface area contributed by atoms with Gasteiger partial charge in [0.25, 0.3) is 0 Å². The number of hydrogen-bond donors (Lipinski definition) is 1. The maximum atomic E-state index is 5.93. The van der Waals surface area contributed by atoms with Crippen LogP contribution in [0.2, 0.25) is 0 Å². The number of nitrogens with two attached hydrogens (primary N) is 1. The molecule has 3 nitrogen and oxygen atoms in total. The molecule has 19 heavy (non-hydrogen) atoms. The van der Waals surface area contributed by atoms with Crippen LogP contribution in [-0.4, -0.2) is 26.8 Å². The molecule has 0 bridgehead atoms. The lowest BCUT2D eigenvalue weighted by Gasteiger charge is -2.28. The van der Waals surface area contributed by atoms with Crippen LogP contribution in [0.1, 0.15) is 31.4 Å². The van der Waals surface area contributed by atoms with Gasteiger partial charge in [-0.25, -0.2) is 0 Å². The SMILES string of the molecule is C[C@@H](N)c1ccc(N(C)CC2CCCOC2)cc1Br. The normalized spacial score (nSPS) is 21.2. The molecule has 0 aromatic heterocycles. The molecule has 0 spiro atoms. The second-order valence-corrected chi connectivity index (χ2v) is 6.31. The van der Waals surface area contributed by atoms with Crippen LogP contribution in [0.5, 0.6) is 0 Å². The van der Waals surface area contributed by atoms with Crippen molar-refractivity contribution >= 4 is 21.6 Å². The molecule has 1 aromatic rings. The molecule has 1 aromatic carbocycles. The summed E-state index contributed by atoms with van der Waals surface area (Å²) in [6.45, 7) is 4.87. The van der Waals surface area contributed by atoms with Crippen LogP contribution in [0, 0.1) is 5.92 Å². The molecule has 0 radical (unpaired) electrons. The summed E-state index contributed by atoms with van der Waals surface area (Å²) in [5.74, 6) is 0.644. The van der Waals surface area contributed by atoms with Gasteiger partial charge in [0.1, 0.15) is 0 Å². The number of anilines is 1. The molecule has 1 fully saturated rings. The van der Waals surface area contributed by atoms with Crippen molar-refractivity contribution in [2.75, 3.05) is 31.7 Å². The van der Waals surface area contributed by atoms with Crippen LogP contribution >= 0.6 is 15.9 Å². The van der Waals surface area contributed by atoms with Crippen molar-refractivity contribution in [1.82, 2.24) is 0 Å². The number of rotatable bonds is 4. The molecule has 1 aliphatic heterocycles. The number of ether oxygens (including phenoxy) is 1. The van der Waals surface area contributed by atoms with E-state index in [1.54, 1.807) is 0 Å². The van der Waals surface area contributed by atoms with Gasteiger partial charge in [-0.3, -0.25) is 0 Å². The van der Waals surface area contributed by atoms with Crippen molar-refractivity contribution in [2.24, 2.45) is 11.7 Å². The molecule has 2 atom stereocenters. The maximum absolute atomic E-state index is 5.93. The van der Waals surface area contributed by atoms with Crippen molar-refractivity contribution in [3.8, 4) is 0 Å². The minimum absolute atomic E-state index is 0.0560. The molecule has 0 aliphatic carbocycles. The van der Waals surface area contributed by atoms with Crippen LogP contribution in [0.25, 0.3) is 0 Å². The lowest BCUT2D eigenvalue weighted by atomic mass is 10.0. The quantitative estimate of drug-likeness (QED) is 0.922. The fraction of sp³-hybridized carbons (Fsp3) is 0.600. The molecule has 0 saturated carbocycles. The summed E-state index contributed by atoms with van der Waals surface area (Å²) in [6, 6.07) is 6.47. The predicted molar refractivity (Wildman–Crippen MR) is 83.6 cm³/mol. The summed E-state index contributed by atoms with van der Waals surface area (Å²) in [7, 11) is 2.14. The largest absolute Gasteiger partial charge is 0.381 e. The molecular formula is C15H23BrN2O. The Kier molecular flexibility index (Phi) is 5.25. The van der Waals surface area contributed by atoms with Crippen molar-refractivity contribution < 1.29 is 4.74 Å². The van der Waals surface area contributed by atoms with E-state index in [0.717, 1.165) is 29.8 Å². The molecule has 1 aliphatic rings. The van der Waals surface area contributed by atoms with Gasteiger partial charge in [-0.1, -0.05) is 22.0 Å². The molecule has 1 unspecified atom stereocenters. The Labute approximate surface area is 124 Å². The summed E-state index contributed by atoms with van der Waals surface area (Å²) >= 11 is 3.61. The van der Waals surface area contributed by atoms with Crippen LogP contribution in [0.15, 0.2) is 22.7 Å². The third kappa shape index (κ3) is 3.94. The minimum atomic E-state index is 0.0560. The predicted octanol–water partition coefficient (Wildman–Crippen LogP) is 3.33. The second-order valence-electron chi connectivity index (χ2n) is 5.46. The van der Waals surface area contributed by atoms with E-state index in [2.05, 4.69) is 46.1 Å². The van der Waals surface area contributed by atoms with Crippen molar-refractivity contribution in [3.05, 3.63) is 28.2 Å². The molecule has 1 heterocycles. The second kappa shape index (κ2) is 6.73. The van der Waals surface area contributed by atoms with E-state index < -0.39 is 0 Å². The zero-order chi connectivity index (χ0) is 13.8. The van der Waals surface area contributed by atoms with Gasteiger partial charge < -0.3 is 15.4 Å². The van der Waals surface area contributed by atoms with Gasteiger partial charge in [-0.05, 0) is 43.4 Å². The van der Waals surface area contributed by atoms with E-state index >= 15 is 0 Å². The Morgan fingerprint density at radius 3 is 2.89 bits per heavy atom.